The van der Waals surface area contributed by atoms with Gasteiger partial charge < -0.3 is 16.2 Å². The molecule has 0 aliphatic heterocycles. The van der Waals surface area contributed by atoms with E-state index in [1.807, 2.05) is 13.8 Å². The van der Waals surface area contributed by atoms with Crippen molar-refractivity contribution in [2.45, 2.75) is 25.8 Å². The molecule has 6 heteroatoms. The summed E-state index contributed by atoms with van der Waals surface area (Å²) in [7, 11) is 0. The fourth-order valence-electron chi connectivity index (χ4n) is 1.13. The maximum absolute atomic E-state index is 8.89. The van der Waals surface area contributed by atoms with Crippen LogP contribution in [0.4, 0.5) is 11.8 Å². The lowest BCUT2D eigenvalue weighted by atomic mass is 10.0. The van der Waals surface area contributed by atoms with E-state index in [-0.39, 0.29) is 18.1 Å². The van der Waals surface area contributed by atoms with Crippen LogP contribution >= 0.6 is 15.9 Å². The van der Waals surface area contributed by atoms with E-state index in [4.69, 9.17) is 10.8 Å². The molecule has 0 saturated heterocycles. The summed E-state index contributed by atoms with van der Waals surface area (Å²) in [5.41, 5.74) is 5.25. The Bertz CT molecular complexity index is 343. The summed E-state index contributed by atoms with van der Waals surface area (Å²) in [6.07, 6.45) is 2.23. The molecular formula is C9H15BrN4O. The highest BCUT2D eigenvalue weighted by molar-refractivity contribution is 9.10. The molecule has 5 nitrogen and oxygen atoms in total. The fourth-order valence-corrected chi connectivity index (χ4v) is 1.42. The number of nitrogens with two attached hydrogens (primary N) is 1. The third-order valence-corrected chi connectivity index (χ3v) is 2.54. The molecule has 0 spiro atoms. The summed E-state index contributed by atoms with van der Waals surface area (Å²) in [4.78, 5) is 7.91. The number of nitrogen functional groups attached to an aromatic ring is 1. The van der Waals surface area contributed by atoms with Crippen LogP contribution in [0.25, 0.3) is 0 Å². The quantitative estimate of drug-likeness (QED) is 0.773. The van der Waals surface area contributed by atoms with Crippen molar-refractivity contribution in [1.29, 1.82) is 0 Å². The fraction of sp³-hybridized carbons (Fsp3) is 0.556. The van der Waals surface area contributed by atoms with E-state index in [1.165, 1.54) is 0 Å². The van der Waals surface area contributed by atoms with Gasteiger partial charge in [0.2, 0.25) is 5.95 Å². The molecule has 0 aliphatic carbocycles. The topological polar surface area (TPSA) is 84.1 Å². The number of anilines is 2. The number of hydrogen-bond acceptors (Lipinski definition) is 5. The summed E-state index contributed by atoms with van der Waals surface area (Å²) in [5.74, 6) is 0.862. The van der Waals surface area contributed by atoms with Crippen LogP contribution in [0.3, 0.4) is 0 Å². The molecule has 0 aromatic carbocycles. The second-order valence-electron chi connectivity index (χ2n) is 3.91. The molecule has 1 rings (SSSR count). The van der Waals surface area contributed by atoms with Crippen molar-refractivity contribution >= 4 is 27.7 Å². The van der Waals surface area contributed by atoms with Gasteiger partial charge in [-0.15, -0.1) is 0 Å². The van der Waals surface area contributed by atoms with Crippen molar-refractivity contribution in [3.05, 3.63) is 10.7 Å². The highest BCUT2D eigenvalue weighted by Gasteiger charge is 2.18. The minimum absolute atomic E-state index is 0.123. The third kappa shape index (κ3) is 3.64. The second-order valence-corrected chi connectivity index (χ2v) is 4.76. The zero-order valence-electron chi connectivity index (χ0n) is 8.79. The van der Waals surface area contributed by atoms with Crippen LogP contribution in [0.15, 0.2) is 10.7 Å². The molecule has 0 amide bonds. The van der Waals surface area contributed by atoms with E-state index < -0.39 is 0 Å². The number of nitrogens with zero attached hydrogens (tertiary/aromatic N) is 2. The van der Waals surface area contributed by atoms with Gasteiger partial charge >= 0.3 is 0 Å². The van der Waals surface area contributed by atoms with Crippen LogP contribution in [0.5, 0.6) is 0 Å². The van der Waals surface area contributed by atoms with Gasteiger partial charge in [-0.2, -0.15) is 4.98 Å². The Morgan fingerprint density at radius 1 is 1.60 bits per heavy atom. The lowest BCUT2D eigenvalue weighted by Crippen LogP contribution is -2.32. The molecular weight excluding hydrogens is 260 g/mol. The molecule has 0 radical (unpaired) electrons. The van der Waals surface area contributed by atoms with Crippen molar-refractivity contribution in [2.24, 2.45) is 0 Å². The molecule has 0 fully saturated rings. The standard InChI is InChI=1S/C9H15BrN4O/c1-9(2,3-4-15)14-7-6(10)5-12-8(11)13-7/h5,15H,3-4H2,1-2H3,(H3,11,12,13,14). The molecule has 0 bridgehead atoms. The number of nitrogens with one attached hydrogen (secondary N) is 1. The molecule has 15 heavy (non-hydrogen) atoms. The highest BCUT2D eigenvalue weighted by atomic mass is 79.9. The van der Waals surface area contributed by atoms with Gasteiger partial charge in [-0.25, -0.2) is 4.98 Å². The maximum atomic E-state index is 8.89. The Kier molecular flexibility index (Phi) is 3.87. The Hall–Kier alpha value is -0.880. The minimum Gasteiger partial charge on any atom is -0.396 e. The van der Waals surface area contributed by atoms with E-state index >= 15 is 0 Å². The van der Waals surface area contributed by atoms with Crippen molar-refractivity contribution in [3.63, 3.8) is 0 Å². The Morgan fingerprint density at radius 2 is 2.27 bits per heavy atom. The second kappa shape index (κ2) is 4.76. The SMILES string of the molecule is CC(C)(CCO)Nc1nc(N)ncc1Br. The van der Waals surface area contributed by atoms with Crippen LogP contribution in [0.2, 0.25) is 0 Å². The lowest BCUT2D eigenvalue weighted by Gasteiger charge is -2.26. The molecule has 0 saturated carbocycles. The van der Waals surface area contributed by atoms with Gasteiger partial charge in [-0.05, 0) is 36.2 Å². The Morgan fingerprint density at radius 3 is 2.87 bits per heavy atom. The zero-order valence-corrected chi connectivity index (χ0v) is 10.4. The van der Waals surface area contributed by atoms with Gasteiger partial charge in [0.1, 0.15) is 5.82 Å². The first-order chi connectivity index (χ1) is 6.94. The normalized spacial score (nSPS) is 11.5. The number of aliphatic hydroxyl groups is 1. The summed E-state index contributed by atoms with van der Waals surface area (Å²) in [6, 6.07) is 0. The van der Waals surface area contributed by atoms with Gasteiger partial charge in [-0.3, -0.25) is 0 Å². The van der Waals surface area contributed by atoms with Crippen LogP contribution in [0.1, 0.15) is 20.3 Å². The van der Waals surface area contributed by atoms with Gasteiger partial charge in [0.15, 0.2) is 0 Å². The predicted octanol–water partition coefficient (Wildman–Crippen LogP) is 1.39. The predicted molar refractivity (Wildman–Crippen MR) is 63.5 cm³/mol. The number of rotatable bonds is 4. The Balaban J connectivity index is 2.83. The van der Waals surface area contributed by atoms with Crippen molar-refractivity contribution in [3.8, 4) is 0 Å². The first-order valence-corrected chi connectivity index (χ1v) is 5.41. The van der Waals surface area contributed by atoms with E-state index in [0.29, 0.717) is 12.2 Å². The molecule has 4 N–H and O–H groups in total. The zero-order chi connectivity index (χ0) is 11.5. The van der Waals surface area contributed by atoms with E-state index in [9.17, 15) is 0 Å². The first kappa shape index (κ1) is 12.2. The van der Waals surface area contributed by atoms with Gasteiger partial charge in [0, 0.05) is 18.3 Å². The average molecular weight is 275 g/mol. The van der Waals surface area contributed by atoms with Crippen molar-refractivity contribution < 1.29 is 5.11 Å². The van der Waals surface area contributed by atoms with Gasteiger partial charge in [0.25, 0.3) is 0 Å². The van der Waals surface area contributed by atoms with Crippen LogP contribution in [0, 0.1) is 0 Å². The lowest BCUT2D eigenvalue weighted by molar-refractivity contribution is 0.260. The van der Waals surface area contributed by atoms with E-state index in [0.717, 1.165) is 4.47 Å². The monoisotopic (exact) mass is 274 g/mol. The van der Waals surface area contributed by atoms with E-state index in [2.05, 4.69) is 31.2 Å². The first-order valence-electron chi connectivity index (χ1n) is 4.62. The maximum Gasteiger partial charge on any atom is 0.221 e. The molecule has 84 valence electrons. The molecule has 1 heterocycles. The number of aliphatic hydroxyl groups excluding tert-OH is 1. The number of halogens is 1. The summed E-state index contributed by atoms with van der Waals surface area (Å²) >= 11 is 3.33. The van der Waals surface area contributed by atoms with Crippen molar-refractivity contribution in [2.75, 3.05) is 17.7 Å². The van der Waals surface area contributed by atoms with Crippen LogP contribution in [-0.4, -0.2) is 27.2 Å². The highest BCUT2D eigenvalue weighted by Crippen LogP contribution is 2.24. The summed E-state index contributed by atoms with van der Waals surface area (Å²) in [6.45, 7) is 4.08. The van der Waals surface area contributed by atoms with Gasteiger partial charge in [-0.1, -0.05) is 0 Å². The average Bonchev–Trinajstić information content (AvgIpc) is 2.10. The van der Waals surface area contributed by atoms with Crippen LogP contribution in [-0.2, 0) is 0 Å². The number of aromatic nitrogens is 2. The number of hydrogen-bond donors (Lipinski definition) is 3. The van der Waals surface area contributed by atoms with Crippen LogP contribution < -0.4 is 11.1 Å². The molecule has 0 atom stereocenters. The molecule has 1 aromatic heterocycles. The molecule has 0 aliphatic rings. The summed E-state index contributed by atoms with van der Waals surface area (Å²) < 4.78 is 0.753. The molecule has 1 aromatic rings. The smallest absolute Gasteiger partial charge is 0.221 e. The third-order valence-electron chi connectivity index (χ3n) is 1.96. The van der Waals surface area contributed by atoms with E-state index in [1.54, 1.807) is 6.20 Å². The van der Waals surface area contributed by atoms with Gasteiger partial charge in [0.05, 0.1) is 4.47 Å². The van der Waals surface area contributed by atoms with Crippen molar-refractivity contribution in [1.82, 2.24) is 9.97 Å². The largest absolute Gasteiger partial charge is 0.396 e. The molecule has 0 unspecified atom stereocenters. The Labute approximate surface area is 97.2 Å². The summed E-state index contributed by atoms with van der Waals surface area (Å²) in [5, 5.41) is 12.1. The minimum atomic E-state index is -0.238.